The Hall–Kier alpha value is -1.68. The van der Waals surface area contributed by atoms with Gasteiger partial charge in [0, 0.05) is 18.6 Å². The van der Waals surface area contributed by atoms with E-state index in [-0.39, 0.29) is 11.9 Å². The molecule has 0 bridgehead atoms. The van der Waals surface area contributed by atoms with Crippen LogP contribution in [-0.4, -0.2) is 32.1 Å². The Bertz CT molecular complexity index is 490. The van der Waals surface area contributed by atoms with Crippen molar-refractivity contribution in [3.05, 3.63) is 35.9 Å². The second-order valence-corrected chi connectivity index (χ2v) is 4.92. The minimum atomic E-state index is -0.00849. The third-order valence-corrected chi connectivity index (χ3v) is 3.38. The third-order valence-electron chi connectivity index (χ3n) is 3.14. The number of anilines is 1. The minimum absolute atomic E-state index is 0.00849. The van der Waals surface area contributed by atoms with Crippen LogP contribution in [0.3, 0.4) is 0 Å². The van der Waals surface area contributed by atoms with Gasteiger partial charge in [-0.3, -0.25) is 4.79 Å². The number of halogens is 1. The number of ether oxygens (including phenoxy) is 1. The van der Waals surface area contributed by atoms with Gasteiger partial charge < -0.3 is 15.0 Å². The summed E-state index contributed by atoms with van der Waals surface area (Å²) in [5.74, 6) is 0.792. The number of benzene rings is 1. The van der Waals surface area contributed by atoms with Gasteiger partial charge in [-0.15, -0.1) is 6.58 Å². The van der Waals surface area contributed by atoms with Gasteiger partial charge in [0.2, 0.25) is 5.91 Å². The molecule has 2 rings (SSSR count). The van der Waals surface area contributed by atoms with E-state index in [4.69, 9.17) is 16.3 Å². The van der Waals surface area contributed by atoms with E-state index in [1.165, 1.54) is 0 Å². The minimum Gasteiger partial charge on any atom is -0.489 e. The summed E-state index contributed by atoms with van der Waals surface area (Å²) in [6.45, 7) is 4.55. The maximum Gasteiger partial charge on any atom is 0.222 e. The summed E-state index contributed by atoms with van der Waals surface area (Å²) in [7, 11) is 1.95. The first-order valence-corrected chi connectivity index (χ1v) is 6.52. The molecule has 5 heteroatoms. The summed E-state index contributed by atoms with van der Waals surface area (Å²) in [4.78, 5) is 13.8. The van der Waals surface area contributed by atoms with Gasteiger partial charge in [-0.05, 0) is 18.2 Å². The van der Waals surface area contributed by atoms with Gasteiger partial charge in [0.1, 0.15) is 12.4 Å². The number of nitrogens with zero attached hydrogens (tertiary/aromatic N) is 1. The average molecular weight is 281 g/mol. The maximum atomic E-state index is 11.7. The highest BCUT2D eigenvalue weighted by Crippen LogP contribution is 2.35. The van der Waals surface area contributed by atoms with E-state index >= 15 is 0 Å². The van der Waals surface area contributed by atoms with E-state index in [0.29, 0.717) is 24.6 Å². The number of amides is 1. The fourth-order valence-electron chi connectivity index (χ4n) is 2.05. The lowest BCUT2D eigenvalue weighted by Crippen LogP contribution is -2.43. The lowest BCUT2D eigenvalue weighted by atomic mass is 10.1. The number of hydrogen-bond acceptors (Lipinski definition) is 3. The number of rotatable bonds is 4. The van der Waals surface area contributed by atoms with Gasteiger partial charge >= 0.3 is 0 Å². The lowest BCUT2D eigenvalue weighted by molar-refractivity contribution is -0.121. The van der Waals surface area contributed by atoms with Gasteiger partial charge in [-0.2, -0.15) is 0 Å². The predicted molar refractivity (Wildman–Crippen MR) is 77.0 cm³/mol. The first kappa shape index (κ1) is 13.7. The Balaban J connectivity index is 2.06. The molecule has 19 heavy (non-hydrogen) atoms. The Morgan fingerprint density at radius 1 is 1.68 bits per heavy atom. The number of likely N-dealkylation sites (N-methyl/N-ethyl adjacent to an activating group) is 1. The van der Waals surface area contributed by atoms with Gasteiger partial charge in [0.25, 0.3) is 0 Å². The summed E-state index contributed by atoms with van der Waals surface area (Å²) < 4.78 is 5.67. The monoisotopic (exact) mass is 280 g/mol. The average Bonchev–Trinajstić information content (AvgIpc) is 2.40. The number of carbonyl (C=O) groups is 1. The van der Waals surface area contributed by atoms with Crippen molar-refractivity contribution >= 4 is 23.2 Å². The molecule has 0 saturated heterocycles. The SMILES string of the molecule is C=CCNC(=O)C[C@@H]1COc2ccc(Cl)cc2N1C. The molecule has 1 aliphatic rings. The van der Waals surface area contributed by atoms with Crippen LogP contribution in [0.25, 0.3) is 0 Å². The van der Waals surface area contributed by atoms with Crippen molar-refractivity contribution in [2.75, 3.05) is 25.1 Å². The van der Waals surface area contributed by atoms with E-state index in [0.717, 1.165) is 11.4 Å². The van der Waals surface area contributed by atoms with Gasteiger partial charge in [-0.1, -0.05) is 17.7 Å². The molecular weight excluding hydrogens is 264 g/mol. The van der Waals surface area contributed by atoms with Crippen molar-refractivity contribution in [3.8, 4) is 5.75 Å². The third kappa shape index (κ3) is 3.20. The Kier molecular flexibility index (Phi) is 4.32. The standard InChI is InChI=1S/C14H17ClN2O2/c1-3-6-16-14(18)8-11-9-19-13-5-4-10(15)7-12(13)17(11)2/h3-5,7,11H,1,6,8-9H2,2H3,(H,16,18)/t11-/m1/s1. The van der Waals surface area contributed by atoms with E-state index < -0.39 is 0 Å². The summed E-state index contributed by atoms with van der Waals surface area (Å²) >= 11 is 5.99. The van der Waals surface area contributed by atoms with Crippen LogP contribution in [0.15, 0.2) is 30.9 Å². The number of carbonyl (C=O) groups excluding carboxylic acids is 1. The van der Waals surface area contributed by atoms with Crippen LogP contribution >= 0.6 is 11.6 Å². The van der Waals surface area contributed by atoms with E-state index in [1.54, 1.807) is 12.1 Å². The van der Waals surface area contributed by atoms with Crippen LogP contribution in [0, 0.1) is 0 Å². The maximum absolute atomic E-state index is 11.7. The molecular formula is C14H17ClN2O2. The molecule has 1 atom stereocenters. The Labute approximate surface area is 118 Å². The molecule has 1 aromatic rings. The first-order chi connectivity index (χ1) is 9.11. The quantitative estimate of drug-likeness (QED) is 0.860. The van der Waals surface area contributed by atoms with Crippen molar-refractivity contribution < 1.29 is 9.53 Å². The fraction of sp³-hybridized carbons (Fsp3) is 0.357. The van der Waals surface area contributed by atoms with Crippen LogP contribution in [0.5, 0.6) is 5.75 Å². The Morgan fingerprint density at radius 2 is 2.47 bits per heavy atom. The largest absolute Gasteiger partial charge is 0.489 e. The summed E-state index contributed by atoms with van der Waals surface area (Å²) in [6.07, 6.45) is 2.05. The van der Waals surface area contributed by atoms with Crippen molar-refractivity contribution in [2.45, 2.75) is 12.5 Å². The van der Waals surface area contributed by atoms with E-state index in [1.807, 2.05) is 24.1 Å². The van der Waals surface area contributed by atoms with Crippen LogP contribution < -0.4 is 15.0 Å². The molecule has 0 spiro atoms. The molecule has 0 aliphatic carbocycles. The molecule has 0 aromatic heterocycles. The van der Waals surface area contributed by atoms with Crippen molar-refractivity contribution in [2.24, 2.45) is 0 Å². The normalized spacial score (nSPS) is 17.4. The predicted octanol–water partition coefficient (Wildman–Crippen LogP) is 2.23. The molecule has 102 valence electrons. The molecule has 1 N–H and O–H groups in total. The molecule has 1 aromatic carbocycles. The Morgan fingerprint density at radius 3 is 3.21 bits per heavy atom. The zero-order chi connectivity index (χ0) is 13.8. The first-order valence-electron chi connectivity index (χ1n) is 6.14. The molecule has 0 saturated carbocycles. The topological polar surface area (TPSA) is 41.6 Å². The summed E-state index contributed by atoms with van der Waals surface area (Å²) in [5.41, 5.74) is 0.917. The number of hydrogen-bond donors (Lipinski definition) is 1. The highest BCUT2D eigenvalue weighted by atomic mass is 35.5. The van der Waals surface area contributed by atoms with Gasteiger partial charge in [0.05, 0.1) is 18.2 Å². The zero-order valence-corrected chi connectivity index (χ0v) is 11.6. The van der Waals surface area contributed by atoms with Gasteiger partial charge in [0.15, 0.2) is 0 Å². The number of nitrogens with one attached hydrogen (secondary N) is 1. The molecule has 1 heterocycles. The highest BCUT2D eigenvalue weighted by molar-refractivity contribution is 6.30. The molecule has 0 radical (unpaired) electrons. The van der Waals surface area contributed by atoms with Crippen LogP contribution in [0.4, 0.5) is 5.69 Å². The fourth-order valence-corrected chi connectivity index (χ4v) is 2.22. The summed E-state index contributed by atoms with van der Waals surface area (Å²) in [6, 6.07) is 5.51. The highest BCUT2D eigenvalue weighted by Gasteiger charge is 2.26. The number of fused-ring (bicyclic) bond motifs is 1. The second-order valence-electron chi connectivity index (χ2n) is 4.48. The van der Waals surface area contributed by atoms with Crippen molar-refractivity contribution in [3.63, 3.8) is 0 Å². The summed E-state index contributed by atoms with van der Waals surface area (Å²) in [5, 5.41) is 3.43. The molecule has 4 nitrogen and oxygen atoms in total. The van der Waals surface area contributed by atoms with Gasteiger partial charge in [-0.25, -0.2) is 0 Å². The van der Waals surface area contributed by atoms with Crippen LogP contribution in [0.1, 0.15) is 6.42 Å². The molecule has 1 amide bonds. The smallest absolute Gasteiger partial charge is 0.222 e. The van der Waals surface area contributed by atoms with Crippen LogP contribution in [0.2, 0.25) is 5.02 Å². The zero-order valence-electron chi connectivity index (χ0n) is 10.9. The molecule has 1 aliphatic heterocycles. The lowest BCUT2D eigenvalue weighted by Gasteiger charge is -2.35. The van der Waals surface area contributed by atoms with E-state index in [9.17, 15) is 4.79 Å². The second kappa shape index (κ2) is 5.97. The van der Waals surface area contributed by atoms with Crippen molar-refractivity contribution in [1.82, 2.24) is 5.32 Å². The van der Waals surface area contributed by atoms with Crippen molar-refractivity contribution in [1.29, 1.82) is 0 Å². The molecule has 0 unspecified atom stereocenters. The molecule has 0 fully saturated rings. The van der Waals surface area contributed by atoms with Crippen LogP contribution in [-0.2, 0) is 4.79 Å². The van der Waals surface area contributed by atoms with E-state index in [2.05, 4.69) is 11.9 Å².